The molecule has 124 valence electrons. The van der Waals surface area contributed by atoms with Crippen molar-refractivity contribution in [2.75, 3.05) is 7.05 Å². The highest BCUT2D eigenvalue weighted by atomic mass is 35.5. The minimum Gasteiger partial charge on any atom is -0.359 e. The van der Waals surface area contributed by atoms with Crippen LogP contribution < -0.4 is 5.32 Å². The van der Waals surface area contributed by atoms with E-state index in [-0.39, 0.29) is 24.2 Å². The number of rotatable bonds is 6. The number of hydrogen-bond donors (Lipinski definition) is 1. The van der Waals surface area contributed by atoms with E-state index in [9.17, 15) is 4.79 Å². The first-order valence-corrected chi connectivity index (χ1v) is 8.05. The van der Waals surface area contributed by atoms with Crippen molar-refractivity contribution in [2.24, 2.45) is 0 Å². The summed E-state index contributed by atoms with van der Waals surface area (Å²) in [6, 6.07) is 16.6. The van der Waals surface area contributed by atoms with Gasteiger partial charge in [0.1, 0.15) is 0 Å². The maximum absolute atomic E-state index is 12.4. The molecule has 0 saturated carbocycles. The molecule has 0 aliphatic heterocycles. The summed E-state index contributed by atoms with van der Waals surface area (Å²) in [5, 5.41) is 2.84. The molecule has 2 aromatic rings. The van der Waals surface area contributed by atoms with Gasteiger partial charge in [-0.3, -0.25) is 4.79 Å². The summed E-state index contributed by atoms with van der Waals surface area (Å²) in [7, 11) is 1.72. The van der Waals surface area contributed by atoms with Gasteiger partial charge in [-0.2, -0.15) is 0 Å². The van der Waals surface area contributed by atoms with Gasteiger partial charge in [-0.05, 0) is 35.6 Å². The third-order valence-electron chi connectivity index (χ3n) is 4.17. The molecule has 1 atom stereocenters. The van der Waals surface area contributed by atoms with E-state index in [4.69, 9.17) is 0 Å². The number of likely N-dealkylation sites (N-methyl/N-ethyl adjacent to an activating group) is 1. The van der Waals surface area contributed by atoms with Crippen LogP contribution >= 0.6 is 12.4 Å². The highest BCUT2D eigenvalue weighted by molar-refractivity contribution is 5.87. The van der Waals surface area contributed by atoms with Crippen LogP contribution in [-0.2, 0) is 4.79 Å². The highest BCUT2D eigenvalue weighted by Gasteiger charge is 2.23. The van der Waals surface area contributed by atoms with Crippen LogP contribution in [0.5, 0.6) is 0 Å². The number of carbonyl (C=O) groups excluding carboxylic acids is 1. The van der Waals surface area contributed by atoms with E-state index in [1.807, 2.05) is 18.2 Å². The van der Waals surface area contributed by atoms with Gasteiger partial charge in [0.15, 0.2) is 0 Å². The SMILES string of the molecule is CCCCC(C(=O)NC)c1c(C)cccc1-c1ccccc1.Cl. The zero-order chi connectivity index (χ0) is 15.9. The lowest BCUT2D eigenvalue weighted by Gasteiger charge is -2.22. The Kier molecular flexibility index (Phi) is 7.84. The van der Waals surface area contributed by atoms with Crippen LogP contribution in [0, 0.1) is 6.92 Å². The predicted molar refractivity (Wildman–Crippen MR) is 100 cm³/mol. The van der Waals surface area contributed by atoms with Crippen molar-refractivity contribution in [3.63, 3.8) is 0 Å². The number of amides is 1. The maximum atomic E-state index is 12.4. The molecule has 0 aliphatic rings. The van der Waals surface area contributed by atoms with Gasteiger partial charge in [0.2, 0.25) is 5.91 Å². The smallest absolute Gasteiger partial charge is 0.227 e. The molecule has 0 spiro atoms. The van der Waals surface area contributed by atoms with Crippen LogP contribution in [0.3, 0.4) is 0 Å². The van der Waals surface area contributed by atoms with E-state index in [1.165, 1.54) is 22.3 Å². The molecule has 0 aromatic heterocycles. The molecule has 2 rings (SSSR count). The third kappa shape index (κ3) is 4.59. The van der Waals surface area contributed by atoms with E-state index >= 15 is 0 Å². The number of carbonyl (C=O) groups is 1. The third-order valence-corrected chi connectivity index (χ3v) is 4.17. The molecule has 0 bridgehead atoms. The fourth-order valence-corrected chi connectivity index (χ4v) is 3.00. The largest absolute Gasteiger partial charge is 0.359 e. The maximum Gasteiger partial charge on any atom is 0.227 e. The van der Waals surface area contributed by atoms with Crippen molar-refractivity contribution < 1.29 is 4.79 Å². The van der Waals surface area contributed by atoms with Gasteiger partial charge in [-0.25, -0.2) is 0 Å². The quantitative estimate of drug-likeness (QED) is 0.783. The summed E-state index contributed by atoms with van der Waals surface area (Å²) in [5.74, 6) is 0.0290. The Morgan fingerprint density at radius 2 is 1.78 bits per heavy atom. The second kappa shape index (κ2) is 9.36. The molecule has 2 nitrogen and oxygen atoms in total. The summed E-state index contributed by atoms with van der Waals surface area (Å²) in [4.78, 5) is 12.4. The standard InChI is InChI=1S/C20H25NO.ClH/c1-4-5-13-18(20(22)21-3)19-15(2)10-9-14-17(19)16-11-7-6-8-12-16;/h6-12,14,18H,4-5,13H2,1-3H3,(H,21,22);1H. The lowest BCUT2D eigenvalue weighted by molar-refractivity contribution is -0.122. The molecule has 0 aliphatic carbocycles. The predicted octanol–water partition coefficient (Wildman–Crippen LogP) is 5.10. The van der Waals surface area contributed by atoms with Gasteiger partial charge in [0, 0.05) is 7.05 Å². The molecule has 23 heavy (non-hydrogen) atoms. The molecule has 0 radical (unpaired) electrons. The minimum absolute atomic E-state index is 0. The van der Waals surface area contributed by atoms with Gasteiger partial charge in [0.25, 0.3) is 0 Å². The molecule has 0 saturated heterocycles. The Labute approximate surface area is 145 Å². The number of unbranched alkanes of at least 4 members (excludes halogenated alkanes) is 1. The van der Waals surface area contributed by atoms with Gasteiger partial charge >= 0.3 is 0 Å². The van der Waals surface area contributed by atoms with Crippen molar-refractivity contribution in [1.82, 2.24) is 5.32 Å². The van der Waals surface area contributed by atoms with Crippen LogP contribution in [0.25, 0.3) is 11.1 Å². The summed E-state index contributed by atoms with van der Waals surface area (Å²) in [6.45, 7) is 4.26. The zero-order valence-electron chi connectivity index (χ0n) is 14.1. The van der Waals surface area contributed by atoms with E-state index in [0.717, 1.165) is 19.3 Å². The summed E-state index contributed by atoms with van der Waals surface area (Å²) < 4.78 is 0. The van der Waals surface area contributed by atoms with Crippen molar-refractivity contribution >= 4 is 18.3 Å². The second-order valence-corrected chi connectivity index (χ2v) is 5.71. The summed E-state index contributed by atoms with van der Waals surface area (Å²) >= 11 is 0. The minimum atomic E-state index is -0.0821. The number of benzene rings is 2. The van der Waals surface area contributed by atoms with Gasteiger partial charge in [-0.15, -0.1) is 12.4 Å². The summed E-state index contributed by atoms with van der Waals surface area (Å²) in [5.41, 5.74) is 4.70. The van der Waals surface area contributed by atoms with Gasteiger partial charge in [-0.1, -0.05) is 68.3 Å². The number of hydrogen-bond acceptors (Lipinski definition) is 1. The second-order valence-electron chi connectivity index (χ2n) is 5.71. The first kappa shape index (κ1) is 19.2. The van der Waals surface area contributed by atoms with Crippen molar-refractivity contribution in [1.29, 1.82) is 0 Å². The van der Waals surface area contributed by atoms with Crippen LogP contribution in [0.2, 0.25) is 0 Å². The lowest BCUT2D eigenvalue weighted by Crippen LogP contribution is -2.26. The van der Waals surface area contributed by atoms with Gasteiger partial charge in [0.05, 0.1) is 5.92 Å². The fraction of sp³-hybridized carbons (Fsp3) is 0.350. The normalized spacial score (nSPS) is 11.4. The Hall–Kier alpha value is -1.80. The average molecular weight is 332 g/mol. The molecule has 0 heterocycles. The van der Waals surface area contributed by atoms with E-state index in [2.05, 4.69) is 49.5 Å². The molecule has 2 aromatic carbocycles. The average Bonchev–Trinajstić information content (AvgIpc) is 2.56. The Bertz CT molecular complexity index is 625. The molecular formula is C20H26ClNO. The van der Waals surface area contributed by atoms with Crippen LogP contribution in [0.1, 0.15) is 43.2 Å². The molecule has 3 heteroatoms. The number of halogens is 1. The van der Waals surface area contributed by atoms with E-state index in [1.54, 1.807) is 7.05 Å². The summed E-state index contributed by atoms with van der Waals surface area (Å²) in [6.07, 6.45) is 3.04. The first-order valence-electron chi connectivity index (χ1n) is 8.05. The van der Waals surface area contributed by atoms with Gasteiger partial charge < -0.3 is 5.32 Å². The molecule has 0 fully saturated rings. The number of nitrogens with one attached hydrogen (secondary N) is 1. The van der Waals surface area contributed by atoms with Crippen LogP contribution in [0.4, 0.5) is 0 Å². The van der Waals surface area contributed by atoms with Crippen LogP contribution in [0.15, 0.2) is 48.5 Å². The first-order chi connectivity index (χ1) is 10.7. The highest BCUT2D eigenvalue weighted by Crippen LogP contribution is 2.34. The molecular weight excluding hydrogens is 306 g/mol. The van der Waals surface area contributed by atoms with Crippen molar-refractivity contribution in [3.05, 3.63) is 59.7 Å². The Morgan fingerprint density at radius 3 is 2.39 bits per heavy atom. The number of aryl methyl sites for hydroxylation is 1. The fourth-order valence-electron chi connectivity index (χ4n) is 3.00. The van der Waals surface area contributed by atoms with Crippen molar-refractivity contribution in [3.8, 4) is 11.1 Å². The Balaban J connectivity index is 0.00000264. The van der Waals surface area contributed by atoms with E-state index < -0.39 is 0 Å². The Morgan fingerprint density at radius 1 is 1.09 bits per heavy atom. The lowest BCUT2D eigenvalue weighted by atomic mass is 9.84. The monoisotopic (exact) mass is 331 g/mol. The zero-order valence-corrected chi connectivity index (χ0v) is 15.0. The molecule has 1 N–H and O–H groups in total. The van der Waals surface area contributed by atoms with E-state index in [0.29, 0.717) is 0 Å². The van der Waals surface area contributed by atoms with Crippen molar-refractivity contribution in [2.45, 2.75) is 39.0 Å². The van der Waals surface area contributed by atoms with Crippen LogP contribution in [-0.4, -0.2) is 13.0 Å². The topological polar surface area (TPSA) is 29.1 Å². The molecule has 1 unspecified atom stereocenters. The molecule has 1 amide bonds.